The number of halogens is 3. The molecule has 0 saturated carbocycles. The van der Waals surface area contributed by atoms with Crippen molar-refractivity contribution in [1.82, 2.24) is 9.88 Å². The summed E-state index contributed by atoms with van der Waals surface area (Å²) in [5, 5.41) is 12.6. The third kappa shape index (κ3) is 6.92. The number of rotatable bonds is 8. The van der Waals surface area contributed by atoms with Crippen LogP contribution in [0.1, 0.15) is 77.5 Å². The summed E-state index contributed by atoms with van der Waals surface area (Å²) in [6, 6.07) is 11.5. The molecule has 2 heterocycles. The predicted octanol–water partition coefficient (Wildman–Crippen LogP) is 6.96. The van der Waals surface area contributed by atoms with E-state index in [0.29, 0.717) is 36.5 Å². The van der Waals surface area contributed by atoms with Gasteiger partial charge in [-0.1, -0.05) is 6.07 Å². The van der Waals surface area contributed by atoms with Crippen LogP contribution in [0.5, 0.6) is 0 Å². The first-order chi connectivity index (χ1) is 19.6. The summed E-state index contributed by atoms with van der Waals surface area (Å²) in [5.41, 5.74) is 4.33. The van der Waals surface area contributed by atoms with E-state index in [1.165, 1.54) is 0 Å². The van der Waals surface area contributed by atoms with Crippen LogP contribution < -0.4 is 5.32 Å². The molecule has 1 saturated heterocycles. The van der Waals surface area contributed by atoms with Crippen molar-refractivity contribution in [3.8, 4) is 11.5 Å². The average Bonchev–Trinajstić information content (AvgIpc) is 3.39. The SMILES string of the molecule is Cc1cc(-c2nc3c(o2)CCCC3)ccc1C(CCC(F)(F)F)Nc1ccc(C(=O)N2CCC[C@@H](C(=O)O)C2)cc1. The minimum atomic E-state index is -4.30. The molecule has 0 radical (unpaired) electrons. The number of nitrogens with zero attached hydrogens (tertiary/aromatic N) is 2. The molecule has 7 nitrogen and oxygen atoms in total. The van der Waals surface area contributed by atoms with E-state index in [1.807, 2.05) is 25.1 Å². The molecule has 1 aliphatic carbocycles. The number of aromatic nitrogens is 1. The van der Waals surface area contributed by atoms with Gasteiger partial charge in [0, 0.05) is 42.7 Å². The van der Waals surface area contributed by atoms with Crippen molar-refractivity contribution < 1.29 is 32.3 Å². The fourth-order valence-corrected chi connectivity index (χ4v) is 5.74. The van der Waals surface area contributed by atoms with E-state index in [4.69, 9.17) is 4.42 Å². The van der Waals surface area contributed by atoms with E-state index in [9.17, 15) is 27.9 Å². The Balaban J connectivity index is 1.33. The van der Waals surface area contributed by atoms with Gasteiger partial charge >= 0.3 is 12.1 Å². The zero-order chi connectivity index (χ0) is 29.1. The lowest BCUT2D eigenvalue weighted by Gasteiger charge is -2.30. The summed E-state index contributed by atoms with van der Waals surface area (Å²) < 4.78 is 45.7. The van der Waals surface area contributed by atoms with Crippen LogP contribution in [0.15, 0.2) is 46.9 Å². The van der Waals surface area contributed by atoms with Crippen LogP contribution in [-0.2, 0) is 17.6 Å². The molecule has 0 bridgehead atoms. The number of nitrogens with one attached hydrogen (secondary N) is 1. The van der Waals surface area contributed by atoms with Crippen molar-refractivity contribution in [2.75, 3.05) is 18.4 Å². The lowest BCUT2D eigenvalue weighted by molar-refractivity contribution is -0.143. The van der Waals surface area contributed by atoms with Crippen molar-refractivity contribution >= 4 is 17.6 Å². The lowest BCUT2D eigenvalue weighted by atomic mass is 9.95. The van der Waals surface area contributed by atoms with E-state index < -0.39 is 30.5 Å². The second-order valence-corrected chi connectivity index (χ2v) is 11.0. The Labute approximate surface area is 236 Å². The minimum absolute atomic E-state index is 0.165. The smallest absolute Gasteiger partial charge is 0.389 e. The molecule has 0 spiro atoms. The number of carbonyl (C=O) groups is 2. The molecule has 218 valence electrons. The van der Waals surface area contributed by atoms with Gasteiger partial charge < -0.3 is 19.7 Å². The maximum absolute atomic E-state index is 13.2. The van der Waals surface area contributed by atoms with E-state index in [2.05, 4.69) is 10.3 Å². The molecule has 3 aromatic rings. The average molecular weight is 570 g/mol. The topological polar surface area (TPSA) is 95.7 Å². The number of carboxylic acids is 1. The normalized spacial score (nSPS) is 18.0. The zero-order valence-corrected chi connectivity index (χ0v) is 23.0. The van der Waals surface area contributed by atoms with Crippen molar-refractivity contribution in [3.63, 3.8) is 0 Å². The van der Waals surface area contributed by atoms with Gasteiger partial charge in [-0.2, -0.15) is 13.2 Å². The van der Waals surface area contributed by atoms with Crippen molar-refractivity contribution in [2.45, 2.75) is 70.5 Å². The molecule has 10 heteroatoms. The summed E-state index contributed by atoms with van der Waals surface area (Å²) in [4.78, 5) is 30.5. The summed E-state index contributed by atoms with van der Waals surface area (Å²) in [7, 11) is 0. The molecule has 5 rings (SSSR count). The van der Waals surface area contributed by atoms with Gasteiger partial charge in [0.25, 0.3) is 5.91 Å². The van der Waals surface area contributed by atoms with Crippen LogP contribution in [-0.4, -0.2) is 46.1 Å². The second-order valence-electron chi connectivity index (χ2n) is 11.0. The Morgan fingerprint density at radius 2 is 1.88 bits per heavy atom. The molecule has 2 N–H and O–H groups in total. The summed E-state index contributed by atoms with van der Waals surface area (Å²) >= 11 is 0. The number of aliphatic carboxylic acids is 1. The van der Waals surface area contributed by atoms with Gasteiger partial charge in [-0.15, -0.1) is 0 Å². The molecule has 2 aliphatic rings. The molecule has 2 atom stereocenters. The summed E-state index contributed by atoms with van der Waals surface area (Å²) in [5.74, 6) is -0.284. The molecule has 41 heavy (non-hydrogen) atoms. The van der Waals surface area contributed by atoms with E-state index in [1.54, 1.807) is 29.2 Å². The number of likely N-dealkylation sites (tertiary alicyclic amines) is 1. The largest absolute Gasteiger partial charge is 0.481 e. The highest BCUT2D eigenvalue weighted by Crippen LogP contribution is 2.34. The maximum Gasteiger partial charge on any atom is 0.389 e. The van der Waals surface area contributed by atoms with Crippen molar-refractivity contribution in [1.29, 1.82) is 0 Å². The Morgan fingerprint density at radius 1 is 1.12 bits per heavy atom. The number of benzene rings is 2. The van der Waals surface area contributed by atoms with Crippen LogP contribution in [0, 0.1) is 12.8 Å². The standard InChI is InChI=1S/C31H34F3N3O4/c1-19-17-21(28-36-26-6-2-3-7-27(26)41-28)10-13-24(19)25(14-15-31(32,33)34)35-23-11-8-20(9-12-23)29(38)37-16-4-5-22(18-37)30(39)40/h8-13,17,22,25,35H,2-7,14-16,18H2,1H3,(H,39,40)/t22-,25?/m1/s1. The first-order valence-corrected chi connectivity index (χ1v) is 14.1. The fourth-order valence-electron chi connectivity index (χ4n) is 5.74. The Kier molecular flexibility index (Phi) is 8.37. The molecule has 1 unspecified atom stereocenters. The van der Waals surface area contributed by atoms with Gasteiger partial charge in [-0.25, -0.2) is 4.98 Å². The fraction of sp³-hybridized carbons (Fsp3) is 0.452. The van der Waals surface area contributed by atoms with Crippen LogP contribution in [0.25, 0.3) is 11.5 Å². The van der Waals surface area contributed by atoms with Gasteiger partial charge in [0.15, 0.2) is 0 Å². The lowest BCUT2D eigenvalue weighted by Crippen LogP contribution is -2.42. The first kappa shape index (κ1) is 28.7. The van der Waals surface area contributed by atoms with Gasteiger partial charge in [0.1, 0.15) is 5.76 Å². The number of oxazole rings is 1. The number of anilines is 1. The van der Waals surface area contributed by atoms with Gasteiger partial charge in [-0.3, -0.25) is 9.59 Å². The molecule has 1 fully saturated rings. The highest BCUT2D eigenvalue weighted by Gasteiger charge is 2.30. The van der Waals surface area contributed by atoms with E-state index >= 15 is 0 Å². The number of hydrogen-bond acceptors (Lipinski definition) is 5. The number of hydrogen-bond donors (Lipinski definition) is 2. The predicted molar refractivity (Wildman–Crippen MR) is 148 cm³/mol. The maximum atomic E-state index is 13.2. The first-order valence-electron chi connectivity index (χ1n) is 14.1. The van der Waals surface area contributed by atoms with E-state index in [-0.39, 0.29) is 18.9 Å². The van der Waals surface area contributed by atoms with Crippen LogP contribution in [0.4, 0.5) is 18.9 Å². The number of alkyl halides is 3. The van der Waals surface area contributed by atoms with Gasteiger partial charge in [0.05, 0.1) is 17.7 Å². The minimum Gasteiger partial charge on any atom is -0.481 e. The zero-order valence-electron chi connectivity index (χ0n) is 23.0. The van der Waals surface area contributed by atoms with Gasteiger partial charge in [0.2, 0.25) is 5.89 Å². The number of carboxylic acid groups (broad SMARTS) is 1. The molecule has 2 aromatic carbocycles. The summed E-state index contributed by atoms with van der Waals surface area (Å²) in [6.45, 7) is 2.53. The van der Waals surface area contributed by atoms with Crippen molar-refractivity contribution in [3.05, 3.63) is 70.6 Å². The second kappa shape index (κ2) is 12.0. The number of fused-ring (bicyclic) bond motifs is 1. The monoisotopic (exact) mass is 569 g/mol. The van der Waals surface area contributed by atoms with Crippen molar-refractivity contribution in [2.24, 2.45) is 5.92 Å². The van der Waals surface area contributed by atoms with Gasteiger partial charge in [-0.05, 0) is 93.0 Å². The Morgan fingerprint density at radius 3 is 2.56 bits per heavy atom. The molecular weight excluding hydrogens is 535 g/mol. The Bertz CT molecular complexity index is 1380. The number of amides is 1. The number of carbonyl (C=O) groups excluding carboxylic acids is 1. The quantitative estimate of drug-likeness (QED) is 0.305. The van der Waals surface area contributed by atoms with Crippen LogP contribution in [0.2, 0.25) is 0 Å². The third-order valence-electron chi connectivity index (χ3n) is 7.98. The highest BCUT2D eigenvalue weighted by molar-refractivity contribution is 5.95. The molecular formula is C31H34F3N3O4. The molecule has 1 amide bonds. The summed E-state index contributed by atoms with van der Waals surface area (Å²) in [6.07, 6.45) is -0.326. The highest BCUT2D eigenvalue weighted by atomic mass is 19.4. The van der Waals surface area contributed by atoms with Crippen LogP contribution >= 0.6 is 0 Å². The third-order valence-corrected chi connectivity index (χ3v) is 7.98. The van der Waals surface area contributed by atoms with Crippen LogP contribution in [0.3, 0.4) is 0 Å². The Hall–Kier alpha value is -3.82. The molecule has 1 aromatic heterocycles. The molecule has 1 aliphatic heterocycles. The van der Waals surface area contributed by atoms with E-state index in [0.717, 1.165) is 53.8 Å². The number of aryl methyl sites for hydroxylation is 3. The number of piperidine rings is 1.